The molecule has 0 atom stereocenters. The molecule has 56 heavy (non-hydrogen) atoms. The van der Waals surface area contributed by atoms with E-state index in [0.29, 0.717) is 61.2 Å². The first-order valence-corrected chi connectivity index (χ1v) is 20.4. The minimum atomic E-state index is -0.563. The van der Waals surface area contributed by atoms with E-state index in [2.05, 4.69) is 11.7 Å². The Labute approximate surface area is 336 Å². The first kappa shape index (κ1) is 44.0. The number of carbonyl (C=O) groups excluding carboxylic acids is 2. The lowest BCUT2D eigenvalue weighted by Gasteiger charge is -2.39. The highest BCUT2D eigenvalue weighted by molar-refractivity contribution is 7.18. The van der Waals surface area contributed by atoms with E-state index in [-0.39, 0.29) is 24.6 Å². The third-order valence-electron chi connectivity index (χ3n) is 8.55. The Hall–Kier alpha value is -4.70. The van der Waals surface area contributed by atoms with Gasteiger partial charge in [-0.3, -0.25) is 9.48 Å². The number of methoxy groups -OCH3 is 1. The van der Waals surface area contributed by atoms with Gasteiger partial charge in [-0.1, -0.05) is 34.3 Å². The van der Waals surface area contributed by atoms with Crippen LogP contribution in [0.4, 0.5) is 9.18 Å². The standard InChI is InChI=1S/C36H37FN6O5S2.2C2H6.CH4O/c1-6-29(44)41-11-9-26-28(20-41)50-34(39-26)32-30(24-8-7-22(37)15-27(24)47-13-12-46-5)33-25(10-14-49-33)31(40-32)21-16-38-43(17-21)23-18-42(19-23)35(45)48-36(2,3)4;3*1-2/h6-8,10,14-17,23H,1,9,11-13,18-20H2,2-5H3;2*1-2H3;2H,1H3. The largest absolute Gasteiger partial charge is 0.490 e. The average Bonchev–Trinajstić information content (AvgIpc) is 3.96. The molecule has 0 unspecified atom stereocenters. The zero-order valence-electron chi connectivity index (χ0n) is 33.7. The molecule has 5 aromatic rings. The second kappa shape index (κ2) is 19.9. The number of nitrogens with zero attached hydrogens (tertiary/aromatic N) is 6. The van der Waals surface area contributed by atoms with E-state index in [1.807, 2.05) is 70.8 Å². The molecule has 4 aromatic heterocycles. The third kappa shape index (κ3) is 9.81. The van der Waals surface area contributed by atoms with Crippen LogP contribution in [0.2, 0.25) is 0 Å². The van der Waals surface area contributed by atoms with Crippen LogP contribution in [-0.2, 0) is 27.2 Å². The maximum atomic E-state index is 14.7. The predicted molar refractivity (Wildman–Crippen MR) is 222 cm³/mol. The molecule has 0 radical (unpaired) electrons. The molecule has 0 aliphatic carbocycles. The molecule has 0 spiro atoms. The molecule has 1 aromatic carbocycles. The first-order valence-electron chi connectivity index (χ1n) is 18.7. The lowest BCUT2D eigenvalue weighted by Crippen LogP contribution is -2.52. The van der Waals surface area contributed by atoms with E-state index < -0.39 is 11.4 Å². The van der Waals surface area contributed by atoms with E-state index in [4.69, 9.17) is 29.3 Å². The summed E-state index contributed by atoms with van der Waals surface area (Å²) in [5.74, 6) is -0.155. The molecule has 1 fully saturated rings. The van der Waals surface area contributed by atoms with Gasteiger partial charge in [0, 0.05) is 84.2 Å². The Morgan fingerprint density at radius 2 is 1.79 bits per heavy atom. The number of aliphatic hydroxyl groups is 1. The fraction of sp³-hybridized carbons (Fsp3) is 0.439. The summed E-state index contributed by atoms with van der Waals surface area (Å²) in [5, 5.41) is 15.3. The summed E-state index contributed by atoms with van der Waals surface area (Å²) in [4.78, 5) is 39.8. The van der Waals surface area contributed by atoms with Gasteiger partial charge < -0.3 is 29.1 Å². The van der Waals surface area contributed by atoms with Crippen LogP contribution in [0.3, 0.4) is 0 Å². The number of halogens is 1. The summed E-state index contributed by atoms with van der Waals surface area (Å²) in [7, 11) is 2.59. The fourth-order valence-electron chi connectivity index (χ4n) is 6.08. The second-order valence-electron chi connectivity index (χ2n) is 13.2. The van der Waals surface area contributed by atoms with Gasteiger partial charge >= 0.3 is 6.09 Å². The lowest BCUT2D eigenvalue weighted by molar-refractivity contribution is -0.126. The molecule has 0 saturated carbocycles. The number of ether oxygens (including phenoxy) is 3. The maximum Gasteiger partial charge on any atom is 0.410 e. The van der Waals surface area contributed by atoms with Crippen LogP contribution in [0.15, 0.2) is 54.7 Å². The van der Waals surface area contributed by atoms with Gasteiger partial charge in [0.2, 0.25) is 5.91 Å². The van der Waals surface area contributed by atoms with Crippen LogP contribution >= 0.6 is 22.7 Å². The van der Waals surface area contributed by atoms with E-state index in [1.54, 1.807) is 40.5 Å². The van der Waals surface area contributed by atoms with E-state index in [9.17, 15) is 14.0 Å². The molecule has 2 amide bonds. The molecule has 1 N–H and O–H groups in total. The number of aromatic nitrogens is 4. The van der Waals surface area contributed by atoms with Crippen molar-refractivity contribution in [2.75, 3.05) is 47.1 Å². The van der Waals surface area contributed by atoms with Crippen molar-refractivity contribution in [2.24, 2.45) is 0 Å². The van der Waals surface area contributed by atoms with Gasteiger partial charge in [-0.15, -0.1) is 22.7 Å². The Bertz CT molecular complexity index is 2100. The number of benzene rings is 1. The van der Waals surface area contributed by atoms with Crippen LogP contribution in [0.5, 0.6) is 5.75 Å². The summed E-state index contributed by atoms with van der Waals surface area (Å²) in [5.41, 5.74) is 4.02. The van der Waals surface area contributed by atoms with Crippen molar-refractivity contribution < 1.29 is 33.3 Å². The molecule has 0 bridgehead atoms. The van der Waals surface area contributed by atoms with Gasteiger partial charge in [0.1, 0.15) is 34.5 Å². The predicted octanol–water partition coefficient (Wildman–Crippen LogP) is 8.64. The number of thiazole rings is 1. The van der Waals surface area contributed by atoms with Gasteiger partial charge in [0.15, 0.2) is 0 Å². The monoisotopic (exact) mass is 808 g/mol. The van der Waals surface area contributed by atoms with Crippen molar-refractivity contribution in [1.82, 2.24) is 29.5 Å². The van der Waals surface area contributed by atoms with Crippen molar-refractivity contribution in [3.63, 3.8) is 0 Å². The van der Waals surface area contributed by atoms with Crippen LogP contribution < -0.4 is 4.74 Å². The van der Waals surface area contributed by atoms with Crippen LogP contribution in [0.25, 0.3) is 43.2 Å². The smallest absolute Gasteiger partial charge is 0.410 e. The molecule has 2 aliphatic heterocycles. The zero-order chi connectivity index (χ0) is 41.2. The van der Waals surface area contributed by atoms with E-state index in [0.717, 1.165) is 44.6 Å². The van der Waals surface area contributed by atoms with Crippen molar-refractivity contribution in [1.29, 1.82) is 0 Å². The summed E-state index contributed by atoms with van der Waals surface area (Å²) in [6.07, 6.45) is 5.37. The Kier molecular flexibility index (Phi) is 15.7. The average molecular weight is 809 g/mol. The minimum absolute atomic E-state index is 0.00547. The number of amides is 2. The number of rotatable bonds is 9. The number of hydrogen-bond acceptors (Lipinski definition) is 11. The fourth-order valence-corrected chi connectivity index (χ4v) is 8.15. The lowest BCUT2D eigenvalue weighted by atomic mass is 9.99. The van der Waals surface area contributed by atoms with E-state index in [1.165, 1.54) is 29.5 Å². The Morgan fingerprint density at radius 3 is 2.46 bits per heavy atom. The number of thiophene rings is 1. The molecule has 6 heterocycles. The number of fused-ring (bicyclic) bond motifs is 2. The Balaban J connectivity index is 0.00000111. The van der Waals surface area contributed by atoms with Gasteiger partial charge in [-0.25, -0.2) is 19.2 Å². The third-order valence-corrected chi connectivity index (χ3v) is 10.6. The van der Waals surface area contributed by atoms with Gasteiger partial charge in [-0.05, 0) is 50.4 Å². The first-order chi connectivity index (χ1) is 27.0. The van der Waals surface area contributed by atoms with Crippen LogP contribution in [-0.4, -0.2) is 99.3 Å². The SMILES string of the molecule is C=CC(=O)N1CCc2nc(-c3nc(-c4cnn(C5CN(C(=O)OC(C)(C)C)C5)c4)c4ccsc4c3-c3ccc(F)cc3OCCOC)sc2C1.CC.CC.CO. The molecule has 302 valence electrons. The molecule has 1 saturated heterocycles. The van der Waals surface area contributed by atoms with Crippen molar-refractivity contribution >= 4 is 44.8 Å². The van der Waals surface area contributed by atoms with Crippen molar-refractivity contribution in [2.45, 2.75) is 73.1 Å². The second-order valence-corrected chi connectivity index (χ2v) is 15.2. The minimum Gasteiger partial charge on any atom is -0.490 e. The van der Waals surface area contributed by atoms with Crippen LogP contribution in [0, 0.1) is 5.82 Å². The van der Waals surface area contributed by atoms with Crippen molar-refractivity contribution in [3.8, 4) is 38.8 Å². The highest BCUT2D eigenvalue weighted by atomic mass is 32.1. The number of hydrogen-bond donors (Lipinski definition) is 1. The number of carbonyl (C=O) groups is 2. The number of aliphatic hydroxyl groups excluding tert-OH is 1. The normalized spacial score (nSPS) is 13.6. The highest BCUT2D eigenvalue weighted by Gasteiger charge is 2.36. The van der Waals surface area contributed by atoms with Gasteiger partial charge in [0.05, 0.1) is 36.8 Å². The molecular formula is C41H53FN6O6S2. The highest BCUT2D eigenvalue weighted by Crippen LogP contribution is 2.47. The Morgan fingerprint density at radius 1 is 1.05 bits per heavy atom. The number of pyridine rings is 1. The zero-order valence-corrected chi connectivity index (χ0v) is 35.4. The maximum absolute atomic E-state index is 14.7. The quantitative estimate of drug-likeness (QED) is 0.115. The summed E-state index contributed by atoms with van der Waals surface area (Å²) >= 11 is 3.06. The van der Waals surface area contributed by atoms with Gasteiger partial charge in [-0.2, -0.15) is 5.10 Å². The molecule has 7 rings (SSSR count). The topological polar surface area (TPSA) is 132 Å². The van der Waals surface area contributed by atoms with Crippen molar-refractivity contribution in [3.05, 3.63) is 71.1 Å². The molecule has 15 heteroatoms. The molecule has 12 nitrogen and oxygen atoms in total. The molecular weight excluding hydrogens is 756 g/mol. The van der Waals surface area contributed by atoms with E-state index >= 15 is 0 Å². The molecule has 2 aliphatic rings. The summed E-state index contributed by atoms with van der Waals surface area (Å²) in [6.45, 7) is 19.8. The van der Waals surface area contributed by atoms with Gasteiger partial charge in [0.25, 0.3) is 0 Å². The summed E-state index contributed by atoms with van der Waals surface area (Å²) < 4.78 is 34.3. The summed E-state index contributed by atoms with van der Waals surface area (Å²) in [6, 6.07) is 6.56. The van der Waals surface area contributed by atoms with Crippen LogP contribution in [0.1, 0.15) is 65.1 Å². The number of likely N-dealkylation sites (tertiary alicyclic amines) is 1.